The Hall–Kier alpha value is -3.20. The van der Waals surface area contributed by atoms with Gasteiger partial charge in [0, 0.05) is 30.6 Å². The highest BCUT2D eigenvalue weighted by Crippen LogP contribution is 2.27. The van der Waals surface area contributed by atoms with Gasteiger partial charge in [0.05, 0.1) is 0 Å². The molecular formula is C28H29NO2. The molecule has 0 saturated carbocycles. The van der Waals surface area contributed by atoms with Gasteiger partial charge in [0.1, 0.15) is 5.78 Å². The van der Waals surface area contributed by atoms with E-state index in [2.05, 4.69) is 18.2 Å². The lowest BCUT2D eigenvalue weighted by atomic mass is 10.0. The molecule has 0 aromatic heterocycles. The van der Waals surface area contributed by atoms with Gasteiger partial charge in [-0.3, -0.25) is 9.59 Å². The molecule has 1 amide bonds. The van der Waals surface area contributed by atoms with Crippen LogP contribution in [0.5, 0.6) is 0 Å². The lowest BCUT2D eigenvalue weighted by molar-refractivity contribution is -0.119. The number of hydrogen-bond donors (Lipinski definition) is 0. The zero-order valence-corrected chi connectivity index (χ0v) is 17.9. The number of ketones is 1. The molecule has 0 radical (unpaired) electrons. The van der Waals surface area contributed by atoms with E-state index in [9.17, 15) is 9.59 Å². The molecule has 0 spiro atoms. The molecule has 0 atom stereocenters. The van der Waals surface area contributed by atoms with Gasteiger partial charge in [-0.2, -0.15) is 0 Å². The van der Waals surface area contributed by atoms with Crippen LogP contribution in [-0.4, -0.2) is 18.2 Å². The number of carbonyl (C=O) groups is 2. The maximum Gasteiger partial charge on any atom is 0.258 e. The van der Waals surface area contributed by atoms with Crippen molar-refractivity contribution in [2.24, 2.45) is 0 Å². The third-order valence-electron chi connectivity index (χ3n) is 6.03. The highest BCUT2D eigenvalue weighted by Gasteiger charge is 2.22. The van der Waals surface area contributed by atoms with Crippen LogP contribution in [0, 0.1) is 0 Å². The number of benzene rings is 3. The number of para-hydroxylation sites is 1. The van der Waals surface area contributed by atoms with Crippen molar-refractivity contribution in [2.45, 2.75) is 44.9 Å². The Labute approximate surface area is 184 Å². The molecule has 1 aliphatic rings. The molecule has 0 bridgehead atoms. The molecule has 3 aromatic carbocycles. The van der Waals surface area contributed by atoms with Gasteiger partial charge in [0.2, 0.25) is 0 Å². The Morgan fingerprint density at radius 1 is 0.710 bits per heavy atom. The molecule has 0 fully saturated rings. The van der Waals surface area contributed by atoms with E-state index in [-0.39, 0.29) is 11.7 Å². The van der Waals surface area contributed by atoms with E-state index in [1.54, 1.807) is 0 Å². The van der Waals surface area contributed by atoms with Crippen LogP contribution in [0.3, 0.4) is 0 Å². The van der Waals surface area contributed by atoms with E-state index in [1.165, 1.54) is 11.1 Å². The van der Waals surface area contributed by atoms with Crippen molar-refractivity contribution >= 4 is 17.4 Å². The first kappa shape index (κ1) is 21.0. The zero-order valence-electron chi connectivity index (χ0n) is 17.9. The topological polar surface area (TPSA) is 37.4 Å². The minimum atomic E-state index is 0.0554. The first-order valence-electron chi connectivity index (χ1n) is 11.2. The number of rotatable bonds is 7. The monoisotopic (exact) mass is 411 g/mol. The smallest absolute Gasteiger partial charge is 0.258 e. The van der Waals surface area contributed by atoms with Crippen LogP contribution < -0.4 is 4.90 Å². The number of amides is 1. The standard InChI is InChI=1S/C28H29NO2/c30-26(19-15-22-8-2-1-3-9-22)20-16-23-13-17-25(18-14-23)28(31)29-21-7-6-11-24-10-4-5-12-27(24)29/h1-5,8-10,12-14,17-18H,6-7,11,15-16,19-21H2. The van der Waals surface area contributed by atoms with Gasteiger partial charge in [-0.15, -0.1) is 0 Å². The fourth-order valence-electron chi connectivity index (χ4n) is 4.21. The molecule has 3 aromatic rings. The van der Waals surface area contributed by atoms with Crippen molar-refractivity contribution in [1.82, 2.24) is 0 Å². The molecule has 4 rings (SSSR count). The maximum absolute atomic E-state index is 13.2. The summed E-state index contributed by atoms with van der Waals surface area (Å²) in [4.78, 5) is 27.4. The molecule has 3 heteroatoms. The van der Waals surface area contributed by atoms with Crippen molar-refractivity contribution in [2.75, 3.05) is 11.4 Å². The fraction of sp³-hybridized carbons (Fsp3) is 0.286. The predicted molar refractivity (Wildman–Crippen MR) is 126 cm³/mol. The second-order valence-corrected chi connectivity index (χ2v) is 8.26. The van der Waals surface area contributed by atoms with Crippen molar-refractivity contribution in [1.29, 1.82) is 0 Å². The van der Waals surface area contributed by atoms with Crippen LogP contribution in [0.25, 0.3) is 0 Å². The van der Waals surface area contributed by atoms with Gasteiger partial charge in [-0.25, -0.2) is 0 Å². The predicted octanol–water partition coefficient (Wildman–Crippen LogP) is 5.80. The second-order valence-electron chi connectivity index (χ2n) is 8.26. The molecule has 1 aliphatic heterocycles. The van der Waals surface area contributed by atoms with Crippen LogP contribution in [0.4, 0.5) is 5.69 Å². The van der Waals surface area contributed by atoms with Crippen LogP contribution in [0.1, 0.15) is 52.7 Å². The minimum absolute atomic E-state index is 0.0554. The molecule has 31 heavy (non-hydrogen) atoms. The average Bonchev–Trinajstić information content (AvgIpc) is 3.04. The third kappa shape index (κ3) is 5.49. The Balaban J connectivity index is 1.34. The Kier molecular flexibility index (Phi) is 6.93. The van der Waals surface area contributed by atoms with Crippen molar-refractivity contribution < 1.29 is 9.59 Å². The normalized spacial score (nSPS) is 13.4. The lowest BCUT2D eigenvalue weighted by Crippen LogP contribution is -2.31. The van der Waals surface area contributed by atoms with Gasteiger partial charge in [-0.05, 0) is 67.0 Å². The van der Waals surface area contributed by atoms with E-state index >= 15 is 0 Å². The summed E-state index contributed by atoms with van der Waals surface area (Å²) in [5, 5.41) is 0. The summed E-state index contributed by atoms with van der Waals surface area (Å²) in [6.45, 7) is 0.757. The van der Waals surface area contributed by atoms with Crippen molar-refractivity contribution in [3.63, 3.8) is 0 Å². The van der Waals surface area contributed by atoms with E-state index < -0.39 is 0 Å². The zero-order chi connectivity index (χ0) is 21.5. The van der Waals surface area contributed by atoms with E-state index in [0.717, 1.165) is 43.5 Å². The number of nitrogens with zero attached hydrogens (tertiary/aromatic N) is 1. The first-order valence-corrected chi connectivity index (χ1v) is 11.2. The number of fused-ring (bicyclic) bond motifs is 1. The van der Waals surface area contributed by atoms with Gasteiger partial charge in [0.25, 0.3) is 5.91 Å². The van der Waals surface area contributed by atoms with E-state index in [4.69, 9.17) is 0 Å². The quantitative estimate of drug-likeness (QED) is 0.492. The summed E-state index contributed by atoms with van der Waals surface area (Å²) in [6, 6.07) is 26.1. The van der Waals surface area contributed by atoms with Crippen LogP contribution in [-0.2, 0) is 24.1 Å². The first-order chi connectivity index (χ1) is 15.2. The highest BCUT2D eigenvalue weighted by atomic mass is 16.2. The number of aryl methyl sites for hydroxylation is 3. The summed E-state index contributed by atoms with van der Waals surface area (Å²) >= 11 is 0. The van der Waals surface area contributed by atoms with E-state index in [1.807, 2.05) is 65.6 Å². The largest absolute Gasteiger partial charge is 0.308 e. The number of Topliss-reactive ketones (excluding diaryl/α,β-unsaturated/α-hetero) is 1. The lowest BCUT2D eigenvalue weighted by Gasteiger charge is -2.23. The highest BCUT2D eigenvalue weighted by molar-refractivity contribution is 6.06. The van der Waals surface area contributed by atoms with Gasteiger partial charge >= 0.3 is 0 Å². The summed E-state index contributed by atoms with van der Waals surface area (Å²) in [5.41, 5.74) is 5.29. The summed E-state index contributed by atoms with van der Waals surface area (Å²) in [6.07, 6.45) is 5.78. The number of carbonyl (C=O) groups excluding carboxylic acids is 2. The molecule has 1 heterocycles. The summed E-state index contributed by atoms with van der Waals surface area (Å²) in [7, 11) is 0. The second kappa shape index (κ2) is 10.2. The molecule has 158 valence electrons. The Morgan fingerprint density at radius 3 is 2.10 bits per heavy atom. The summed E-state index contributed by atoms with van der Waals surface area (Å²) in [5.74, 6) is 0.338. The van der Waals surface area contributed by atoms with Crippen LogP contribution in [0.2, 0.25) is 0 Å². The molecular weight excluding hydrogens is 382 g/mol. The van der Waals surface area contributed by atoms with Crippen LogP contribution >= 0.6 is 0 Å². The number of hydrogen-bond acceptors (Lipinski definition) is 2. The molecule has 0 unspecified atom stereocenters. The SMILES string of the molecule is O=C(CCc1ccccc1)CCc1ccc(C(=O)N2CCCCc3ccccc32)cc1. The van der Waals surface area contributed by atoms with Gasteiger partial charge in [0.15, 0.2) is 0 Å². The number of anilines is 1. The Morgan fingerprint density at radius 2 is 1.35 bits per heavy atom. The van der Waals surface area contributed by atoms with Gasteiger partial charge in [-0.1, -0.05) is 60.7 Å². The van der Waals surface area contributed by atoms with E-state index in [0.29, 0.717) is 24.8 Å². The van der Waals surface area contributed by atoms with Gasteiger partial charge < -0.3 is 4.90 Å². The summed E-state index contributed by atoms with van der Waals surface area (Å²) < 4.78 is 0. The average molecular weight is 412 g/mol. The maximum atomic E-state index is 13.2. The van der Waals surface area contributed by atoms with Crippen molar-refractivity contribution in [3.8, 4) is 0 Å². The minimum Gasteiger partial charge on any atom is -0.308 e. The van der Waals surface area contributed by atoms with Crippen molar-refractivity contribution in [3.05, 3.63) is 101 Å². The Bertz CT molecular complexity index is 1020. The molecule has 0 aliphatic carbocycles. The molecule has 3 nitrogen and oxygen atoms in total. The van der Waals surface area contributed by atoms with Crippen LogP contribution in [0.15, 0.2) is 78.9 Å². The molecule has 0 saturated heterocycles. The molecule has 0 N–H and O–H groups in total. The fourth-order valence-corrected chi connectivity index (χ4v) is 4.21. The third-order valence-corrected chi connectivity index (χ3v) is 6.03.